The molecule has 1 aromatic rings. The molecular formula is C22H28N4O4. The standard InChI is InChI=1S/C22H28N4O4/c1-25(22(13-23)10-3-2-4-11-22)12-14-6-5-7-15-18(14)21(30)26(20(15)29)16-8-9-17(27)24-19(16)28/h5-7,16H,2-4,8-13,23H2,1H3,(H,24,27,28). The van der Waals surface area contributed by atoms with Gasteiger partial charge in [-0.15, -0.1) is 0 Å². The van der Waals surface area contributed by atoms with Crippen LogP contribution in [-0.4, -0.2) is 58.6 Å². The van der Waals surface area contributed by atoms with Crippen molar-refractivity contribution in [3.63, 3.8) is 0 Å². The molecule has 160 valence electrons. The maximum atomic E-state index is 13.3. The normalized spacial score (nSPS) is 23.7. The van der Waals surface area contributed by atoms with E-state index in [9.17, 15) is 19.2 Å². The summed E-state index contributed by atoms with van der Waals surface area (Å²) < 4.78 is 0. The van der Waals surface area contributed by atoms with E-state index in [-0.39, 0.29) is 24.3 Å². The molecule has 1 aliphatic carbocycles. The molecule has 2 fully saturated rings. The van der Waals surface area contributed by atoms with E-state index >= 15 is 0 Å². The highest BCUT2D eigenvalue weighted by molar-refractivity contribution is 6.24. The average molecular weight is 412 g/mol. The average Bonchev–Trinajstić information content (AvgIpc) is 3.00. The Bertz CT molecular complexity index is 906. The molecule has 1 atom stereocenters. The van der Waals surface area contributed by atoms with Crippen molar-refractivity contribution in [2.45, 2.75) is 63.1 Å². The molecule has 0 spiro atoms. The number of fused-ring (bicyclic) bond motifs is 1. The summed E-state index contributed by atoms with van der Waals surface area (Å²) in [4.78, 5) is 53.2. The Labute approximate surface area is 175 Å². The monoisotopic (exact) mass is 412 g/mol. The zero-order valence-corrected chi connectivity index (χ0v) is 17.3. The van der Waals surface area contributed by atoms with Gasteiger partial charge >= 0.3 is 0 Å². The van der Waals surface area contributed by atoms with Crippen molar-refractivity contribution in [3.05, 3.63) is 34.9 Å². The van der Waals surface area contributed by atoms with Crippen molar-refractivity contribution >= 4 is 23.6 Å². The summed E-state index contributed by atoms with van der Waals surface area (Å²) in [5.74, 6) is -1.90. The molecular weight excluding hydrogens is 384 g/mol. The predicted octanol–water partition coefficient (Wildman–Crippen LogP) is 1.18. The van der Waals surface area contributed by atoms with E-state index in [4.69, 9.17) is 5.73 Å². The Morgan fingerprint density at radius 2 is 1.87 bits per heavy atom. The highest BCUT2D eigenvalue weighted by atomic mass is 16.2. The van der Waals surface area contributed by atoms with Gasteiger partial charge in [-0.05, 0) is 37.9 Å². The van der Waals surface area contributed by atoms with Crippen LogP contribution in [0, 0.1) is 0 Å². The van der Waals surface area contributed by atoms with Crippen LogP contribution in [-0.2, 0) is 16.1 Å². The fourth-order valence-electron chi connectivity index (χ4n) is 5.09. The number of piperidine rings is 1. The fourth-order valence-corrected chi connectivity index (χ4v) is 5.09. The van der Waals surface area contributed by atoms with Crippen LogP contribution in [0.15, 0.2) is 18.2 Å². The molecule has 1 unspecified atom stereocenters. The molecule has 8 nitrogen and oxygen atoms in total. The van der Waals surface area contributed by atoms with Gasteiger partial charge in [-0.1, -0.05) is 31.4 Å². The maximum Gasteiger partial charge on any atom is 0.262 e. The smallest absolute Gasteiger partial charge is 0.262 e. The minimum absolute atomic E-state index is 0.101. The lowest BCUT2D eigenvalue weighted by molar-refractivity contribution is -0.136. The van der Waals surface area contributed by atoms with Crippen LogP contribution < -0.4 is 11.1 Å². The van der Waals surface area contributed by atoms with E-state index in [1.54, 1.807) is 12.1 Å². The minimum atomic E-state index is -0.950. The van der Waals surface area contributed by atoms with Crippen LogP contribution in [0.3, 0.4) is 0 Å². The van der Waals surface area contributed by atoms with E-state index in [1.165, 1.54) is 6.42 Å². The highest BCUT2D eigenvalue weighted by Gasteiger charge is 2.46. The van der Waals surface area contributed by atoms with E-state index in [0.717, 1.165) is 36.1 Å². The molecule has 30 heavy (non-hydrogen) atoms. The molecule has 1 saturated heterocycles. The molecule has 3 aliphatic rings. The fraction of sp³-hybridized carbons (Fsp3) is 0.545. The van der Waals surface area contributed by atoms with Gasteiger partial charge < -0.3 is 5.73 Å². The second kappa shape index (κ2) is 7.92. The number of carbonyl (C=O) groups is 4. The topological polar surface area (TPSA) is 113 Å². The highest BCUT2D eigenvalue weighted by Crippen LogP contribution is 2.35. The summed E-state index contributed by atoms with van der Waals surface area (Å²) in [7, 11) is 2.02. The van der Waals surface area contributed by atoms with Crippen molar-refractivity contribution < 1.29 is 19.2 Å². The number of likely N-dealkylation sites (N-methyl/N-ethyl adjacent to an activating group) is 1. The van der Waals surface area contributed by atoms with Crippen molar-refractivity contribution in [3.8, 4) is 0 Å². The van der Waals surface area contributed by atoms with Crippen molar-refractivity contribution in [2.75, 3.05) is 13.6 Å². The second-order valence-corrected chi connectivity index (χ2v) is 8.63. The molecule has 2 aliphatic heterocycles. The maximum absolute atomic E-state index is 13.3. The van der Waals surface area contributed by atoms with Gasteiger partial charge in [0.25, 0.3) is 11.8 Å². The first-order valence-electron chi connectivity index (χ1n) is 10.6. The van der Waals surface area contributed by atoms with Gasteiger partial charge in [-0.3, -0.25) is 34.3 Å². The Morgan fingerprint density at radius 1 is 1.13 bits per heavy atom. The number of nitrogens with two attached hydrogens (primary N) is 1. The van der Waals surface area contributed by atoms with Crippen LogP contribution >= 0.6 is 0 Å². The van der Waals surface area contributed by atoms with Crippen molar-refractivity contribution in [1.82, 2.24) is 15.1 Å². The first-order chi connectivity index (χ1) is 14.4. The molecule has 2 heterocycles. The van der Waals surface area contributed by atoms with Gasteiger partial charge in [0.1, 0.15) is 6.04 Å². The lowest BCUT2D eigenvalue weighted by Crippen LogP contribution is -2.54. The number of imide groups is 2. The third-order valence-electron chi connectivity index (χ3n) is 6.94. The largest absolute Gasteiger partial charge is 0.329 e. The summed E-state index contributed by atoms with van der Waals surface area (Å²) in [5, 5.41) is 2.23. The molecule has 1 saturated carbocycles. The molecule has 0 radical (unpaired) electrons. The van der Waals surface area contributed by atoms with Crippen LogP contribution in [0.4, 0.5) is 0 Å². The molecule has 8 heteroatoms. The minimum Gasteiger partial charge on any atom is -0.329 e. The number of hydrogen-bond donors (Lipinski definition) is 2. The Kier molecular flexibility index (Phi) is 5.46. The van der Waals surface area contributed by atoms with Gasteiger partial charge in [-0.25, -0.2) is 0 Å². The number of nitrogens with zero attached hydrogens (tertiary/aromatic N) is 2. The zero-order valence-electron chi connectivity index (χ0n) is 17.3. The van der Waals surface area contributed by atoms with E-state index in [2.05, 4.69) is 10.2 Å². The van der Waals surface area contributed by atoms with Crippen LogP contribution in [0.1, 0.15) is 71.2 Å². The number of nitrogens with one attached hydrogen (secondary N) is 1. The number of hydrogen-bond acceptors (Lipinski definition) is 6. The Hall–Kier alpha value is -2.58. The van der Waals surface area contributed by atoms with E-state index < -0.39 is 23.8 Å². The molecule has 4 amide bonds. The SMILES string of the molecule is CN(Cc1cccc2c1C(=O)N(C1CCC(=O)NC1=O)C2=O)C1(CN)CCCCC1. The lowest BCUT2D eigenvalue weighted by atomic mass is 9.80. The molecule has 1 aromatic carbocycles. The van der Waals surface area contributed by atoms with Gasteiger partial charge in [0, 0.05) is 25.0 Å². The van der Waals surface area contributed by atoms with Crippen LogP contribution in [0.2, 0.25) is 0 Å². The lowest BCUT2D eigenvalue weighted by Gasteiger charge is -2.44. The third kappa shape index (κ3) is 3.33. The summed E-state index contributed by atoms with van der Waals surface area (Å²) in [6, 6.07) is 4.32. The summed E-state index contributed by atoms with van der Waals surface area (Å²) in [6.07, 6.45) is 5.78. The van der Waals surface area contributed by atoms with Crippen molar-refractivity contribution in [1.29, 1.82) is 0 Å². The molecule has 0 bridgehead atoms. The summed E-state index contributed by atoms with van der Waals surface area (Å²) in [6.45, 7) is 1.05. The van der Waals surface area contributed by atoms with Gasteiger partial charge in [0.2, 0.25) is 11.8 Å². The quantitative estimate of drug-likeness (QED) is 0.703. The zero-order chi connectivity index (χ0) is 21.5. The predicted molar refractivity (Wildman–Crippen MR) is 109 cm³/mol. The van der Waals surface area contributed by atoms with Gasteiger partial charge in [0.05, 0.1) is 11.1 Å². The molecule has 3 N–H and O–H groups in total. The first-order valence-corrected chi connectivity index (χ1v) is 10.6. The van der Waals surface area contributed by atoms with Crippen LogP contribution in [0.25, 0.3) is 0 Å². The van der Waals surface area contributed by atoms with Crippen LogP contribution in [0.5, 0.6) is 0 Å². The molecule has 0 aromatic heterocycles. The number of rotatable bonds is 5. The van der Waals surface area contributed by atoms with E-state index in [0.29, 0.717) is 24.2 Å². The van der Waals surface area contributed by atoms with Gasteiger partial charge in [0.15, 0.2) is 0 Å². The third-order valence-corrected chi connectivity index (χ3v) is 6.94. The summed E-state index contributed by atoms with van der Waals surface area (Å²) in [5.41, 5.74) is 7.51. The number of carbonyl (C=O) groups excluding carboxylic acids is 4. The summed E-state index contributed by atoms with van der Waals surface area (Å²) >= 11 is 0. The van der Waals surface area contributed by atoms with E-state index in [1.807, 2.05) is 13.1 Å². The number of benzene rings is 1. The van der Waals surface area contributed by atoms with Gasteiger partial charge in [-0.2, -0.15) is 0 Å². The molecule has 4 rings (SSSR count). The Balaban J connectivity index is 1.62. The first kappa shape index (κ1) is 20.7. The second-order valence-electron chi connectivity index (χ2n) is 8.63. The Morgan fingerprint density at radius 3 is 2.53 bits per heavy atom. The number of amides is 4. The van der Waals surface area contributed by atoms with Crippen molar-refractivity contribution in [2.24, 2.45) is 5.73 Å².